The predicted octanol–water partition coefficient (Wildman–Crippen LogP) is 2.52. The van der Waals surface area contributed by atoms with E-state index in [1.165, 1.54) is 0 Å². The van der Waals surface area contributed by atoms with E-state index in [9.17, 15) is 13.2 Å². The Labute approximate surface area is 48.2 Å². The molecule has 0 saturated heterocycles. The van der Waals surface area contributed by atoms with Gasteiger partial charge in [-0.2, -0.15) is 13.2 Å². The molecule has 1 radical (unpaired) electrons. The monoisotopic (exact) mass is 151 g/mol. The van der Waals surface area contributed by atoms with Gasteiger partial charge in [-0.3, -0.25) is 0 Å². The molecule has 0 atom stereocenters. The molecule has 0 aromatic heterocycles. The molecule has 0 aliphatic heterocycles. The standard InChI is InChI=1S/C2Cl2F3/c3-1(4)2(5,6)7. The van der Waals surface area contributed by atoms with Crippen LogP contribution < -0.4 is 0 Å². The second-order valence-corrected chi connectivity index (χ2v) is 1.71. The first-order valence-corrected chi connectivity index (χ1v) is 1.95. The Balaban J connectivity index is 3.54. The highest BCUT2D eigenvalue weighted by Gasteiger charge is 2.37. The van der Waals surface area contributed by atoms with Crippen molar-refractivity contribution < 1.29 is 13.2 Å². The zero-order valence-corrected chi connectivity index (χ0v) is 4.40. The predicted molar refractivity (Wildman–Crippen MR) is 21.0 cm³/mol. The third-order valence-corrected chi connectivity index (χ3v) is 0.643. The smallest absolute Gasteiger partial charge is 0.168 e. The van der Waals surface area contributed by atoms with Crippen molar-refractivity contribution in [1.82, 2.24) is 0 Å². The minimum Gasteiger partial charge on any atom is -0.168 e. The molecule has 0 saturated carbocycles. The van der Waals surface area contributed by atoms with E-state index in [1.54, 1.807) is 0 Å². The fraction of sp³-hybridized carbons (Fsp3) is 0.500. The van der Waals surface area contributed by atoms with Gasteiger partial charge in [0.2, 0.25) is 0 Å². The van der Waals surface area contributed by atoms with Gasteiger partial charge in [0, 0.05) is 0 Å². The van der Waals surface area contributed by atoms with Gasteiger partial charge in [-0.05, 0) is 0 Å². The number of hydrogen-bond acceptors (Lipinski definition) is 0. The van der Waals surface area contributed by atoms with Gasteiger partial charge in [-0.15, -0.1) is 0 Å². The zero-order chi connectivity index (χ0) is 6.08. The summed E-state index contributed by atoms with van der Waals surface area (Å²) in [5.74, 6) is 0. The lowest BCUT2D eigenvalue weighted by atomic mass is 10.8. The molecule has 0 aliphatic rings. The molecule has 0 rings (SSSR count). The van der Waals surface area contributed by atoms with Crippen LogP contribution in [0.15, 0.2) is 0 Å². The van der Waals surface area contributed by atoms with Crippen LogP contribution >= 0.6 is 23.2 Å². The summed E-state index contributed by atoms with van der Waals surface area (Å²) in [5, 5.41) is 0. The lowest BCUT2D eigenvalue weighted by Crippen LogP contribution is -2.09. The Morgan fingerprint density at radius 1 is 1.14 bits per heavy atom. The maximum absolute atomic E-state index is 10.9. The van der Waals surface area contributed by atoms with E-state index in [0.29, 0.717) is 0 Å². The van der Waals surface area contributed by atoms with Crippen LogP contribution in [0.25, 0.3) is 0 Å². The molecule has 0 fully saturated rings. The van der Waals surface area contributed by atoms with Crippen molar-refractivity contribution in [3.05, 3.63) is 4.84 Å². The molecule has 5 heteroatoms. The maximum atomic E-state index is 10.9. The molecule has 0 N–H and O–H groups in total. The molecule has 43 valence electrons. The van der Waals surface area contributed by atoms with Crippen molar-refractivity contribution in [3.63, 3.8) is 0 Å². The molecule has 0 aromatic carbocycles. The fourth-order valence-electron chi connectivity index (χ4n) is 0. The molecule has 0 spiro atoms. The Hall–Kier alpha value is 0.370. The zero-order valence-electron chi connectivity index (χ0n) is 2.89. The fourth-order valence-corrected chi connectivity index (χ4v) is 0. The summed E-state index contributed by atoms with van der Waals surface area (Å²) in [5.41, 5.74) is 0. The molecule has 0 aliphatic carbocycles. The SMILES string of the molecule is FC(F)(F)[C](Cl)Cl. The third-order valence-electron chi connectivity index (χ3n) is 0.214. The van der Waals surface area contributed by atoms with Crippen molar-refractivity contribution in [3.8, 4) is 0 Å². The summed E-state index contributed by atoms with van der Waals surface area (Å²) >= 11 is 8.62. The van der Waals surface area contributed by atoms with Crippen molar-refractivity contribution in [2.24, 2.45) is 0 Å². The van der Waals surface area contributed by atoms with Crippen LogP contribution in [0.5, 0.6) is 0 Å². The van der Waals surface area contributed by atoms with Crippen LogP contribution in [0.3, 0.4) is 0 Å². The van der Waals surface area contributed by atoms with E-state index in [1.807, 2.05) is 0 Å². The number of rotatable bonds is 0. The minimum absolute atomic E-state index is 1.56. The first-order valence-electron chi connectivity index (χ1n) is 1.19. The average Bonchev–Trinajstić information content (AvgIpc) is 1.31. The lowest BCUT2D eigenvalue weighted by molar-refractivity contribution is -0.0936. The van der Waals surface area contributed by atoms with E-state index >= 15 is 0 Å². The van der Waals surface area contributed by atoms with Crippen LogP contribution in [0, 0.1) is 4.84 Å². The van der Waals surface area contributed by atoms with E-state index in [4.69, 9.17) is 0 Å². The topological polar surface area (TPSA) is 0 Å². The second-order valence-electron chi connectivity index (χ2n) is 0.758. The lowest BCUT2D eigenvalue weighted by Gasteiger charge is -2.01. The van der Waals surface area contributed by atoms with Crippen LogP contribution in [-0.2, 0) is 0 Å². The van der Waals surface area contributed by atoms with Crippen molar-refractivity contribution in [2.75, 3.05) is 0 Å². The molecule has 0 amide bonds. The highest BCUT2D eigenvalue weighted by atomic mass is 35.5. The maximum Gasteiger partial charge on any atom is 0.424 e. The summed E-state index contributed by atoms with van der Waals surface area (Å²) in [6.45, 7) is 0. The van der Waals surface area contributed by atoms with Crippen molar-refractivity contribution in [1.29, 1.82) is 0 Å². The van der Waals surface area contributed by atoms with E-state index in [2.05, 4.69) is 23.2 Å². The van der Waals surface area contributed by atoms with Gasteiger partial charge >= 0.3 is 6.18 Å². The van der Waals surface area contributed by atoms with Gasteiger partial charge in [0.15, 0.2) is 0 Å². The Kier molecular flexibility index (Phi) is 2.20. The van der Waals surface area contributed by atoms with Crippen molar-refractivity contribution >= 4 is 23.2 Å². The van der Waals surface area contributed by atoms with Crippen LogP contribution in [-0.4, -0.2) is 6.18 Å². The molecule has 0 bridgehead atoms. The van der Waals surface area contributed by atoms with Gasteiger partial charge in [-0.1, -0.05) is 23.2 Å². The number of halogens is 5. The summed E-state index contributed by atoms with van der Waals surface area (Å²) < 4.78 is 32.6. The quantitative estimate of drug-likeness (QED) is 0.500. The highest BCUT2D eigenvalue weighted by Crippen LogP contribution is 2.34. The van der Waals surface area contributed by atoms with Gasteiger partial charge in [0.25, 0.3) is 4.84 Å². The minimum atomic E-state index is -4.55. The van der Waals surface area contributed by atoms with Crippen LogP contribution in [0.1, 0.15) is 0 Å². The largest absolute Gasteiger partial charge is 0.424 e. The number of alkyl halides is 3. The third kappa shape index (κ3) is 3.00. The normalized spacial score (nSPS) is 12.9. The Morgan fingerprint density at radius 3 is 1.29 bits per heavy atom. The summed E-state index contributed by atoms with van der Waals surface area (Å²) in [6, 6.07) is 0. The molecular formula is C2Cl2F3. The van der Waals surface area contributed by atoms with Gasteiger partial charge in [0.1, 0.15) is 0 Å². The first kappa shape index (κ1) is 7.37. The van der Waals surface area contributed by atoms with E-state index in [-0.39, 0.29) is 0 Å². The van der Waals surface area contributed by atoms with Crippen LogP contribution in [0.4, 0.5) is 13.2 Å². The van der Waals surface area contributed by atoms with Crippen molar-refractivity contribution in [2.45, 2.75) is 6.18 Å². The van der Waals surface area contributed by atoms with Gasteiger partial charge in [-0.25, -0.2) is 0 Å². The summed E-state index contributed by atoms with van der Waals surface area (Å²) in [7, 11) is 0. The molecule has 0 aromatic rings. The second kappa shape index (κ2) is 2.09. The van der Waals surface area contributed by atoms with Crippen LogP contribution in [0.2, 0.25) is 0 Å². The van der Waals surface area contributed by atoms with E-state index < -0.39 is 11.0 Å². The van der Waals surface area contributed by atoms with E-state index in [0.717, 1.165) is 0 Å². The molecular weight excluding hydrogens is 152 g/mol. The molecule has 0 nitrogen and oxygen atoms in total. The first-order chi connectivity index (χ1) is 2.94. The molecule has 0 heterocycles. The van der Waals surface area contributed by atoms with Gasteiger partial charge in [0.05, 0.1) is 0 Å². The molecule has 7 heavy (non-hydrogen) atoms. The summed E-state index contributed by atoms with van der Waals surface area (Å²) in [4.78, 5) is -1.56. The highest BCUT2D eigenvalue weighted by molar-refractivity contribution is 6.53. The number of hydrogen-bond donors (Lipinski definition) is 0. The average molecular weight is 152 g/mol. The van der Waals surface area contributed by atoms with Gasteiger partial charge < -0.3 is 0 Å². The molecule has 0 unspecified atom stereocenters. The Morgan fingerprint density at radius 2 is 1.29 bits per heavy atom. The Bertz CT molecular complexity index is 56.4. The summed E-state index contributed by atoms with van der Waals surface area (Å²) in [6.07, 6.45) is -4.55.